The zero-order valence-corrected chi connectivity index (χ0v) is 43.9. The van der Waals surface area contributed by atoms with Crippen LogP contribution in [0.15, 0.2) is 291 Å². The summed E-state index contributed by atoms with van der Waals surface area (Å²) < 4.78 is 7.10. The van der Waals surface area contributed by atoms with Gasteiger partial charge in [-0.2, -0.15) is 0 Å². The molecular weight excluding hydrogens is 985 g/mol. The summed E-state index contributed by atoms with van der Waals surface area (Å²) >= 11 is 0. The molecule has 0 bridgehead atoms. The summed E-state index contributed by atoms with van der Waals surface area (Å²) in [6, 6.07) is 104. The van der Waals surface area contributed by atoms with Crippen molar-refractivity contribution in [2.24, 2.45) is 0 Å². The summed E-state index contributed by atoms with van der Waals surface area (Å²) in [5.74, 6) is 2.56. The third kappa shape index (κ3) is 7.60. The molecule has 0 N–H and O–H groups in total. The first-order valence-corrected chi connectivity index (χ1v) is 27.5. The molecule has 6 heterocycles. The summed E-state index contributed by atoms with van der Waals surface area (Å²) in [6.07, 6.45) is 0. The second-order valence-electron chi connectivity index (χ2n) is 20.7. The lowest BCUT2D eigenvalue weighted by molar-refractivity contribution is 1.08. The molecule has 0 aliphatic heterocycles. The van der Waals surface area contributed by atoms with Crippen molar-refractivity contribution >= 4 is 65.4 Å². The third-order valence-electron chi connectivity index (χ3n) is 16.0. The van der Waals surface area contributed by atoms with Crippen molar-refractivity contribution in [2.75, 3.05) is 0 Å². The van der Waals surface area contributed by atoms with E-state index in [1.54, 1.807) is 0 Å². The van der Waals surface area contributed by atoms with E-state index < -0.39 is 0 Å². The summed E-state index contributed by atoms with van der Waals surface area (Å²) in [5, 5.41) is 6.95. The van der Waals surface area contributed by atoms with Gasteiger partial charge in [-0.3, -0.25) is 13.7 Å². The van der Waals surface area contributed by atoms with Gasteiger partial charge in [0.05, 0.1) is 50.2 Å². The highest BCUT2D eigenvalue weighted by atomic mass is 15.1. The van der Waals surface area contributed by atoms with E-state index in [0.29, 0.717) is 0 Å². The first-order chi connectivity index (χ1) is 40.2. The predicted octanol–water partition coefficient (Wildman–Crippen LogP) is 19.2. The van der Waals surface area contributed by atoms with Crippen molar-refractivity contribution in [1.29, 1.82) is 0 Å². The second-order valence-corrected chi connectivity index (χ2v) is 20.7. The molecule has 0 saturated carbocycles. The van der Waals surface area contributed by atoms with Gasteiger partial charge in [0.2, 0.25) is 0 Å². The molecule has 0 radical (unpaired) electrons. The molecule has 0 aliphatic rings. The Bertz CT molecular complexity index is 4590. The smallest absolute Gasteiger partial charge is 0.138 e. The van der Waals surface area contributed by atoms with Gasteiger partial charge in [-0.05, 0) is 89.5 Å². The highest BCUT2D eigenvalue weighted by Gasteiger charge is 2.24. The predicted molar refractivity (Wildman–Crippen MR) is 335 cm³/mol. The van der Waals surface area contributed by atoms with E-state index in [4.69, 9.17) is 15.0 Å². The molecule has 0 atom stereocenters. The largest absolute Gasteiger partial charge is 0.293 e. The van der Waals surface area contributed by atoms with Gasteiger partial charge in [-0.1, -0.05) is 218 Å². The van der Waals surface area contributed by atoms with E-state index in [1.165, 1.54) is 0 Å². The van der Waals surface area contributed by atoms with Gasteiger partial charge >= 0.3 is 0 Å². The van der Waals surface area contributed by atoms with Crippen LogP contribution in [-0.4, -0.2) is 28.7 Å². The molecular formula is C75H48N6. The molecule has 378 valence electrons. The maximum atomic E-state index is 5.43. The molecule has 0 saturated heterocycles. The molecule has 0 aliphatic carbocycles. The van der Waals surface area contributed by atoms with Crippen LogP contribution in [0.5, 0.6) is 0 Å². The van der Waals surface area contributed by atoms with Crippen molar-refractivity contribution in [3.63, 3.8) is 0 Å². The number of fused-ring (bicyclic) bond motifs is 9. The molecule has 0 spiro atoms. The Morgan fingerprint density at radius 1 is 0.198 bits per heavy atom. The van der Waals surface area contributed by atoms with E-state index in [2.05, 4.69) is 305 Å². The molecule has 6 nitrogen and oxygen atoms in total. The molecule has 16 rings (SSSR count). The number of para-hydroxylation sites is 6. The average Bonchev–Trinajstić information content (AvgIpc) is 4.32. The fourth-order valence-electron chi connectivity index (χ4n) is 12.5. The van der Waals surface area contributed by atoms with Crippen molar-refractivity contribution in [3.05, 3.63) is 291 Å². The van der Waals surface area contributed by atoms with Crippen LogP contribution < -0.4 is 0 Å². The van der Waals surface area contributed by atoms with Crippen molar-refractivity contribution in [2.45, 2.75) is 0 Å². The molecule has 16 aromatic rings. The quantitative estimate of drug-likeness (QED) is 0.145. The first kappa shape index (κ1) is 46.2. The van der Waals surface area contributed by atoms with Gasteiger partial charge in [-0.25, -0.2) is 15.0 Å². The van der Waals surface area contributed by atoms with Gasteiger partial charge in [0, 0.05) is 65.7 Å². The van der Waals surface area contributed by atoms with E-state index in [9.17, 15) is 0 Å². The number of aromatic nitrogens is 6. The van der Waals surface area contributed by atoms with Crippen molar-refractivity contribution in [1.82, 2.24) is 28.7 Å². The van der Waals surface area contributed by atoms with Gasteiger partial charge in [0.25, 0.3) is 0 Å². The Kier molecular flexibility index (Phi) is 10.8. The molecule has 6 heteroatoms. The summed E-state index contributed by atoms with van der Waals surface area (Å²) in [4.78, 5) is 16.3. The third-order valence-corrected chi connectivity index (χ3v) is 16.0. The number of nitrogens with zero attached hydrogens (tertiary/aromatic N) is 6. The minimum atomic E-state index is 0.852. The lowest BCUT2D eigenvalue weighted by Gasteiger charge is -2.17. The Balaban J connectivity index is 1.01. The number of hydrogen-bond donors (Lipinski definition) is 0. The maximum absolute atomic E-state index is 5.43. The van der Waals surface area contributed by atoms with Gasteiger partial charge in [-0.15, -0.1) is 0 Å². The Morgan fingerprint density at radius 2 is 0.457 bits per heavy atom. The first-order valence-electron chi connectivity index (χ1n) is 27.5. The molecule has 0 unspecified atom stereocenters. The lowest BCUT2D eigenvalue weighted by atomic mass is 9.91. The number of rotatable bonds is 9. The molecule has 81 heavy (non-hydrogen) atoms. The summed E-state index contributed by atoms with van der Waals surface area (Å²) in [6.45, 7) is 0. The highest BCUT2D eigenvalue weighted by Crippen LogP contribution is 2.46. The summed E-state index contributed by atoms with van der Waals surface area (Å²) in [7, 11) is 0. The van der Waals surface area contributed by atoms with Crippen molar-refractivity contribution in [3.8, 4) is 84.6 Å². The number of benzene rings is 10. The molecule has 0 amide bonds. The van der Waals surface area contributed by atoms with Crippen LogP contribution in [0.2, 0.25) is 0 Å². The fraction of sp³-hybridized carbons (Fsp3) is 0. The van der Waals surface area contributed by atoms with Crippen LogP contribution in [0.3, 0.4) is 0 Å². The zero-order chi connectivity index (χ0) is 53.4. The van der Waals surface area contributed by atoms with Crippen LogP contribution in [0, 0.1) is 0 Å². The topological polar surface area (TPSA) is 53.5 Å². The van der Waals surface area contributed by atoms with Gasteiger partial charge in [0.1, 0.15) is 17.5 Å². The highest BCUT2D eigenvalue weighted by molar-refractivity contribution is 6.17. The molecule has 0 fully saturated rings. The van der Waals surface area contributed by atoms with E-state index in [0.717, 1.165) is 150 Å². The number of pyridine rings is 3. The minimum Gasteiger partial charge on any atom is -0.293 e. The van der Waals surface area contributed by atoms with Crippen molar-refractivity contribution < 1.29 is 0 Å². The average molecular weight is 1030 g/mol. The minimum absolute atomic E-state index is 0.852. The van der Waals surface area contributed by atoms with Crippen LogP contribution >= 0.6 is 0 Å². The SMILES string of the molecule is c1ccc(-c2cccc(-n3c4ccccc4c4cccc(-c5cc(-c6cccc7c8ccccc8n(-c8cccc(-c9ccccc9)n8)c67)cc(-c6cccc7c8ccccc8n(-c8cccc(-c9ccccc9)n8)c67)c5)c43)n2)cc1. The molecule has 6 aromatic heterocycles. The fourth-order valence-corrected chi connectivity index (χ4v) is 12.5. The van der Waals surface area contributed by atoms with E-state index >= 15 is 0 Å². The monoisotopic (exact) mass is 1030 g/mol. The normalized spacial score (nSPS) is 11.7. The van der Waals surface area contributed by atoms with E-state index in [-0.39, 0.29) is 0 Å². The second kappa shape index (κ2) is 18.9. The Hall–Kier alpha value is -11.0. The molecule has 10 aromatic carbocycles. The van der Waals surface area contributed by atoms with Crippen LogP contribution in [0.1, 0.15) is 0 Å². The summed E-state index contributed by atoms with van der Waals surface area (Å²) in [5.41, 5.74) is 19.0. The zero-order valence-electron chi connectivity index (χ0n) is 43.9. The van der Waals surface area contributed by atoms with Crippen LogP contribution in [0.4, 0.5) is 0 Å². The Labute approximate surface area is 467 Å². The van der Waals surface area contributed by atoms with Crippen LogP contribution in [0.25, 0.3) is 150 Å². The van der Waals surface area contributed by atoms with Gasteiger partial charge in [0.15, 0.2) is 0 Å². The lowest BCUT2D eigenvalue weighted by Crippen LogP contribution is -2.01. The van der Waals surface area contributed by atoms with E-state index in [1.807, 2.05) is 0 Å². The van der Waals surface area contributed by atoms with Gasteiger partial charge < -0.3 is 0 Å². The standard InChI is InChI=1S/C75H48N6/c1-4-22-49(23-5-1)64-37-19-43-70(76-64)79-67-40-13-10-28-58(67)61-34-16-31-55(73(61)79)52-46-53(56-32-17-35-62-59-29-11-14-41-68(59)80(74(56)62)71-44-20-38-65(77-71)50-24-6-2-7-25-50)48-54(47-52)57-33-18-36-63-60-30-12-15-42-69(60)81(75(57)63)72-45-21-39-66(78-72)51-26-8-3-9-27-51/h1-48H. The maximum Gasteiger partial charge on any atom is 0.138 e. The Morgan fingerprint density at radius 3 is 0.765 bits per heavy atom. The van der Waals surface area contributed by atoms with Crippen LogP contribution in [-0.2, 0) is 0 Å². The number of hydrogen-bond acceptors (Lipinski definition) is 3.